The fourth-order valence-corrected chi connectivity index (χ4v) is 4.92. The molecule has 0 aliphatic rings. The Kier molecular flexibility index (Phi) is 48.3. The van der Waals surface area contributed by atoms with Gasteiger partial charge in [0, 0.05) is 42.8 Å². The standard InChI is InChI=1S/C33H68O6.Na.2H2O4S/c1-3-5-7-9-11-13-15-17-19-21-25-36-29-33(31-38-27-23-34,32-39-28-24-35)30-37-26-22-20-18-16-14-12-10-8-6-4-2;;2*1-5(2,3)4/h34-35H,3-32H2,1-2H3;;2*(H2,1,2,3,4). The van der Waals surface area contributed by atoms with E-state index >= 15 is 0 Å². The van der Waals surface area contributed by atoms with E-state index in [1.807, 2.05) is 0 Å². The minimum absolute atomic E-state index is 0. The largest absolute Gasteiger partial charge is 0.394 e. The third-order valence-corrected chi connectivity index (χ3v) is 7.39. The average Bonchev–Trinajstić information content (AvgIpc) is 3.01. The first-order valence-electron chi connectivity index (χ1n) is 18.2. The van der Waals surface area contributed by atoms with Gasteiger partial charge >= 0.3 is 20.8 Å². The van der Waals surface area contributed by atoms with Crippen LogP contribution in [0.3, 0.4) is 0 Å². The zero-order valence-corrected chi connectivity index (χ0v) is 35.1. The van der Waals surface area contributed by atoms with Gasteiger partial charge in [-0.3, -0.25) is 18.2 Å². The summed E-state index contributed by atoms with van der Waals surface area (Å²) >= 11 is 0. The minimum Gasteiger partial charge on any atom is -0.394 e. The summed E-state index contributed by atoms with van der Waals surface area (Å²) in [5, 5.41) is 18.4. The maximum absolute atomic E-state index is 9.20. The summed E-state index contributed by atoms with van der Waals surface area (Å²) in [5.74, 6) is 0. The van der Waals surface area contributed by atoms with Gasteiger partial charge in [-0.05, 0) is 12.8 Å². The zero-order chi connectivity index (χ0) is 37.5. The van der Waals surface area contributed by atoms with E-state index < -0.39 is 26.2 Å². The molecule has 1 radical (unpaired) electrons. The molecule has 0 atom stereocenters. The quantitative estimate of drug-likeness (QED) is 0.0244. The summed E-state index contributed by atoms with van der Waals surface area (Å²) in [5.41, 5.74) is -0.429. The van der Waals surface area contributed by atoms with Gasteiger partial charge in [-0.2, -0.15) is 16.8 Å². The minimum atomic E-state index is -4.67. The summed E-state index contributed by atoms with van der Waals surface area (Å²) < 4.78 is 86.9. The van der Waals surface area contributed by atoms with Gasteiger partial charge in [-0.25, -0.2) is 0 Å². The molecule has 14 nitrogen and oxygen atoms in total. The second kappa shape index (κ2) is 42.2. The molecule has 301 valence electrons. The monoisotopic (exact) mass is 779 g/mol. The Morgan fingerprint density at radius 3 is 0.820 bits per heavy atom. The predicted octanol–water partition coefficient (Wildman–Crippen LogP) is 6.18. The van der Waals surface area contributed by atoms with E-state index in [1.54, 1.807) is 0 Å². The molecule has 0 saturated carbocycles. The van der Waals surface area contributed by atoms with Crippen molar-refractivity contribution >= 4 is 50.4 Å². The molecule has 6 N–H and O–H groups in total. The Morgan fingerprint density at radius 2 is 0.600 bits per heavy atom. The van der Waals surface area contributed by atoms with Gasteiger partial charge in [0.05, 0.1) is 58.3 Å². The topological polar surface area (TPSA) is 227 Å². The second-order valence-electron chi connectivity index (χ2n) is 12.4. The summed E-state index contributed by atoms with van der Waals surface area (Å²) in [6, 6.07) is 0. The SMILES string of the molecule is CCCCCCCCCCCCOCC(COCCO)(COCCO)COCCCCCCCCCCCC.O=S(=O)(O)O.O=S(=O)(O)O.[Na]. The van der Waals surface area contributed by atoms with Crippen molar-refractivity contribution in [2.75, 3.05) is 66.1 Å². The van der Waals surface area contributed by atoms with Gasteiger partial charge in [0.1, 0.15) is 0 Å². The molecule has 17 heteroatoms. The molecular formula is C33H72NaO14S2. The van der Waals surface area contributed by atoms with Gasteiger partial charge in [-0.15, -0.1) is 0 Å². The molecule has 0 heterocycles. The smallest absolute Gasteiger partial charge is 0.394 e. The molecule has 50 heavy (non-hydrogen) atoms. The van der Waals surface area contributed by atoms with Crippen LogP contribution in [0.1, 0.15) is 142 Å². The van der Waals surface area contributed by atoms with Crippen molar-refractivity contribution in [2.45, 2.75) is 142 Å². The van der Waals surface area contributed by atoms with Crippen LogP contribution >= 0.6 is 0 Å². The van der Waals surface area contributed by atoms with E-state index in [4.69, 9.17) is 54.0 Å². The Balaban J connectivity index is -0.000000835. The van der Waals surface area contributed by atoms with Crippen molar-refractivity contribution in [3.63, 3.8) is 0 Å². The van der Waals surface area contributed by atoms with Crippen molar-refractivity contribution < 1.29 is 64.2 Å². The number of aliphatic hydroxyl groups excluding tert-OH is 2. The average molecular weight is 780 g/mol. The molecule has 0 aromatic carbocycles. The summed E-state index contributed by atoms with van der Waals surface area (Å²) in [4.78, 5) is 0. The first kappa shape index (κ1) is 57.2. The van der Waals surface area contributed by atoms with Crippen LogP contribution in [0.5, 0.6) is 0 Å². The fourth-order valence-electron chi connectivity index (χ4n) is 4.92. The molecule has 0 fully saturated rings. The molecule has 0 spiro atoms. The third kappa shape index (κ3) is 60.6. The zero-order valence-electron chi connectivity index (χ0n) is 31.5. The van der Waals surface area contributed by atoms with Crippen LogP contribution < -0.4 is 0 Å². The Bertz CT molecular complexity index is 779. The van der Waals surface area contributed by atoms with Crippen molar-refractivity contribution in [1.82, 2.24) is 0 Å². The van der Waals surface area contributed by atoms with Gasteiger partial charge in [-0.1, -0.05) is 129 Å². The van der Waals surface area contributed by atoms with Crippen LogP contribution in [-0.4, -0.2) is 141 Å². The first-order valence-corrected chi connectivity index (χ1v) is 21.0. The predicted molar refractivity (Wildman–Crippen MR) is 198 cm³/mol. The van der Waals surface area contributed by atoms with Gasteiger partial charge in [0.25, 0.3) is 0 Å². The number of unbranched alkanes of at least 4 members (excludes halogenated alkanes) is 18. The van der Waals surface area contributed by atoms with Crippen molar-refractivity contribution in [3.05, 3.63) is 0 Å². The number of aliphatic hydroxyl groups is 2. The molecule has 0 aliphatic heterocycles. The van der Waals surface area contributed by atoms with E-state index in [2.05, 4.69) is 13.8 Å². The van der Waals surface area contributed by atoms with Crippen molar-refractivity contribution in [3.8, 4) is 0 Å². The van der Waals surface area contributed by atoms with E-state index in [1.165, 1.54) is 116 Å². The summed E-state index contributed by atoms with van der Waals surface area (Å²) in [6.07, 6.45) is 26.2. The number of hydrogen-bond donors (Lipinski definition) is 6. The van der Waals surface area contributed by atoms with Crippen LogP contribution in [0.2, 0.25) is 0 Å². The van der Waals surface area contributed by atoms with E-state index in [0.717, 1.165) is 26.1 Å². The van der Waals surface area contributed by atoms with Crippen molar-refractivity contribution in [2.24, 2.45) is 5.41 Å². The van der Waals surface area contributed by atoms with Gasteiger partial charge in [0.2, 0.25) is 0 Å². The fraction of sp³-hybridized carbons (Fsp3) is 1.00. The molecule has 0 aromatic rings. The maximum atomic E-state index is 9.20. The molecule has 0 amide bonds. The van der Waals surface area contributed by atoms with E-state index in [-0.39, 0.29) is 42.8 Å². The van der Waals surface area contributed by atoms with Crippen molar-refractivity contribution in [1.29, 1.82) is 0 Å². The number of rotatable bonds is 34. The third-order valence-electron chi connectivity index (χ3n) is 7.39. The molecule has 0 rings (SSSR count). The number of hydrogen-bond acceptors (Lipinski definition) is 10. The van der Waals surface area contributed by atoms with Crippen LogP contribution in [0.15, 0.2) is 0 Å². The van der Waals surface area contributed by atoms with E-state index in [9.17, 15) is 10.2 Å². The van der Waals surface area contributed by atoms with Crippen LogP contribution in [0, 0.1) is 5.41 Å². The molecule has 0 unspecified atom stereocenters. The normalized spacial score (nSPS) is 11.7. The van der Waals surface area contributed by atoms with Crippen LogP contribution in [-0.2, 0) is 39.7 Å². The van der Waals surface area contributed by atoms with Gasteiger partial charge < -0.3 is 29.2 Å². The number of ether oxygens (including phenoxy) is 4. The summed E-state index contributed by atoms with van der Waals surface area (Å²) in [6.45, 7) is 8.39. The van der Waals surface area contributed by atoms with Gasteiger partial charge in [0.15, 0.2) is 0 Å². The molecule has 0 aromatic heterocycles. The summed E-state index contributed by atoms with van der Waals surface area (Å²) in [7, 11) is -9.33. The van der Waals surface area contributed by atoms with E-state index in [0.29, 0.717) is 39.6 Å². The second-order valence-corrected chi connectivity index (χ2v) is 14.2. The van der Waals surface area contributed by atoms with Crippen LogP contribution in [0.4, 0.5) is 0 Å². The molecule has 0 saturated heterocycles. The maximum Gasteiger partial charge on any atom is 0.394 e. The Labute approximate surface area is 326 Å². The van der Waals surface area contributed by atoms with Crippen LogP contribution in [0.25, 0.3) is 0 Å². The first-order chi connectivity index (χ1) is 23.2. The molecule has 0 bridgehead atoms. The molecule has 0 aliphatic carbocycles. The molecular weight excluding hydrogens is 707 g/mol. The Hall–Kier alpha value is 0.500. The Morgan fingerprint density at radius 1 is 0.400 bits per heavy atom.